The molecule has 0 fully saturated rings. The van der Waals surface area contributed by atoms with Gasteiger partial charge in [0.1, 0.15) is 0 Å². The van der Waals surface area contributed by atoms with Crippen molar-refractivity contribution >= 4 is 76.1 Å². The highest BCUT2D eigenvalue weighted by atomic mass is 32.1. The summed E-state index contributed by atoms with van der Waals surface area (Å²) in [6.45, 7) is 14.3. The number of nitrogens with zero attached hydrogens (tertiary/aromatic N) is 4. The number of benzene rings is 7. The van der Waals surface area contributed by atoms with Crippen molar-refractivity contribution in [2.45, 2.75) is 52.4 Å². The van der Waals surface area contributed by atoms with Crippen molar-refractivity contribution in [3.8, 4) is 22.3 Å². The maximum absolute atomic E-state index is 5.17. The smallest absolute Gasteiger partial charge is 0.195 e. The average Bonchev–Trinajstić information content (AvgIpc) is 3.95. The van der Waals surface area contributed by atoms with E-state index in [2.05, 4.69) is 197 Å². The van der Waals surface area contributed by atoms with Crippen LogP contribution < -0.4 is 9.80 Å². The van der Waals surface area contributed by atoms with Crippen LogP contribution in [0.3, 0.4) is 0 Å². The molecule has 2 aliphatic carbocycles. The van der Waals surface area contributed by atoms with Crippen LogP contribution in [0.1, 0.15) is 61.1 Å². The maximum atomic E-state index is 5.17. The molecule has 0 atom stereocenters. The highest BCUT2D eigenvalue weighted by Gasteiger charge is 2.47. The van der Waals surface area contributed by atoms with E-state index in [1.165, 1.54) is 65.0 Å². The molecule has 11 rings (SSSR count). The molecule has 0 unspecified atom stereocenters. The lowest BCUT2D eigenvalue weighted by Crippen LogP contribution is -2.24. The molecule has 2 heterocycles. The predicted molar refractivity (Wildman–Crippen MR) is 247 cm³/mol. The third-order valence-electron chi connectivity index (χ3n) is 12.5. The summed E-state index contributed by atoms with van der Waals surface area (Å²) in [5, 5.41) is 1.94. The van der Waals surface area contributed by atoms with E-state index < -0.39 is 0 Å². The van der Waals surface area contributed by atoms with Gasteiger partial charge in [0.2, 0.25) is 0 Å². The second-order valence-corrected chi connectivity index (χ2v) is 18.8. The number of para-hydroxylation sites is 4. The Kier molecular flexibility index (Phi) is 7.69. The maximum Gasteiger partial charge on any atom is 0.195 e. The van der Waals surface area contributed by atoms with Crippen molar-refractivity contribution in [2.24, 2.45) is 0 Å². The average molecular weight is 787 g/mol. The zero-order valence-corrected chi connectivity index (χ0v) is 35.1. The molecule has 0 bridgehead atoms. The van der Waals surface area contributed by atoms with Crippen molar-refractivity contribution in [3.63, 3.8) is 0 Å². The second kappa shape index (κ2) is 12.7. The second-order valence-electron chi connectivity index (χ2n) is 16.8. The van der Waals surface area contributed by atoms with Gasteiger partial charge in [-0.05, 0) is 142 Å². The highest BCUT2D eigenvalue weighted by molar-refractivity contribution is 7.22. The SMILES string of the molecule is Cc1cc(N(c2ccccc2)c2nc3ccccc3s2)cc2c1-c1ccc3c(c1C2(C)C)C(C)(C)c1cc(N(c2ccccc2)c2nc4ccccc4s2)cc(C)c1-3. The van der Waals surface area contributed by atoms with Gasteiger partial charge in [-0.25, -0.2) is 9.97 Å². The molecular formula is C52H42N4S2. The fourth-order valence-corrected chi connectivity index (χ4v) is 11.9. The molecule has 0 saturated carbocycles. The third kappa shape index (κ3) is 5.11. The lowest BCUT2D eigenvalue weighted by atomic mass is 9.72. The van der Waals surface area contributed by atoms with Crippen LogP contribution in [0.25, 0.3) is 42.7 Å². The summed E-state index contributed by atoms with van der Waals surface area (Å²) in [6, 6.07) is 52.7. The van der Waals surface area contributed by atoms with Gasteiger partial charge in [0.05, 0.1) is 20.4 Å². The molecule has 2 aliphatic rings. The number of anilines is 6. The van der Waals surface area contributed by atoms with Crippen LogP contribution in [-0.2, 0) is 10.8 Å². The molecule has 0 saturated heterocycles. The van der Waals surface area contributed by atoms with Crippen molar-refractivity contribution in [1.82, 2.24) is 9.97 Å². The fourth-order valence-electron chi connectivity index (χ4n) is 9.89. The first-order chi connectivity index (χ1) is 28.1. The van der Waals surface area contributed by atoms with Gasteiger partial charge in [-0.2, -0.15) is 0 Å². The molecule has 0 spiro atoms. The topological polar surface area (TPSA) is 32.3 Å². The van der Waals surface area contributed by atoms with Crippen molar-refractivity contribution in [3.05, 3.63) is 179 Å². The van der Waals surface area contributed by atoms with Crippen LogP contribution >= 0.6 is 22.7 Å². The molecule has 0 amide bonds. The molecule has 0 aliphatic heterocycles. The largest absolute Gasteiger partial charge is 0.286 e. The minimum absolute atomic E-state index is 0.250. The van der Waals surface area contributed by atoms with Gasteiger partial charge in [-0.15, -0.1) is 0 Å². The Labute approximate surface area is 347 Å². The van der Waals surface area contributed by atoms with E-state index in [4.69, 9.17) is 9.97 Å². The van der Waals surface area contributed by atoms with E-state index in [9.17, 15) is 0 Å². The van der Waals surface area contributed by atoms with Gasteiger partial charge < -0.3 is 0 Å². The predicted octanol–water partition coefficient (Wildman–Crippen LogP) is 15.1. The summed E-state index contributed by atoms with van der Waals surface area (Å²) in [4.78, 5) is 15.0. The molecule has 4 nitrogen and oxygen atoms in total. The van der Waals surface area contributed by atoms with Gasteiger partial charge in [-0.1, -0.05) is 123 Å². The Morgan fingerprint density at radius 1 is 0.431 bits per heavy atom. The van der Waals surface area contributed by atoms with Gasteiger partial charge in [0.15, 0.2) is 10.3 Å². The van der Waals surface area contributed by atoms with Crippen LogP contribution in [-0.4, -0.2) is 9.97 Å². The number of thiazole rings is 2. The van der Waals surface area contributed by atoms with E-state index in [1.807, 2.05) is 0 Å². The number of hydrogen-bond acceptors (Lipinski definition) is 6. The summed E-state index contributed by atoms with van der Waals surface area (Å²) in [7, 11) is 0. The molecule has 58 heavy (non-hydrogen) atoms. The van der Waals surface area contributed by atoms with Gasteiger partial charge in [-0.3, -0.25) is 9.80 Å². The number of rotatable bonds is 6. The molecule has 7 aromatic carbocycles. The van der Waals surface area contributed by atoms with Crippen LogP contribution in [0.2, 0.25) is 0 Å². The Hall–Kier alpha value is -6.08. The third-order valence-corrected chi connectivity index (χ3v) is 14.5. The molecule has 9 aromatic rings. The Bertz CT molecular complexity index is 2830. The molecule has 0 radical (unpaired) electrons. The van der Waals surface area contributed by atoms with Crippen molar-refractivity contribution < 1.29 is 0 Å². The Morgan fingerprint density at radius 3 is 1.21 bits per heavy atom. The Balaban J connectivity index is 1.06. The monoisotopic (exact) mass is 786 g/mol. The number of aryl methyl sites for hydroxylation is 2. The first kappa shape index (κ1) is 35.1. The summed E-state index contributed by atoms with van der Waals surface area (Å²) >= 11 is 3.48. The van der Waals surface area contributed by atoms with Crippen LogP contribution in [0.4, 0.5) is 33.0 Å². The molecule has 282 valence electrons. The van der Waals surface area contributed by atoms with E-state index >= 15 is 0 Å². The van der Waals surface area contributed by atoms with Gasteiger partial charge >= 0.3 is 0 Å². The normalized spacial score (nSPS) is 14.3. The van der Waals surface area contributed by atoms with Crippen molar-refractivity contribution in [2.75, 3.05) is 9.80 Å². The van der Waals surface area contributed by atoms with Gasteiger partial charge in [0, 0.05) is 33.6 Å². The van der Waals surface area contributed by atoms with Crippen molar-refractivity contribution in [1.29, 1.82) is 0 Å². The molecular weight excluding hydrogens is 745 g/mol. The van der Waals surface area contributed by atoms with Crippen LogP contribution in [0.5, 0.6) is 0 Å². The molecule has 6 heteroatoms. The van der Waals surface area contributed by atoms with E-state index in [0.717, 1.165) is 44.0 Å². The molecule has 0 N–H and O–H groups in total. The standard InChI is InChI=1S/C52H42N4S2/c1-31-27-35(55(33-17-9-7-10-18-33)49-53-41-21-13-15-23-43(41)57-49)29-39-45(31)37-25-26-38-46-32(2)28-36(30-40(46)52(5,6)48(38)47(37)51(39,3)4)56(34-19-11-8-12-20-34)50-54-42-22-14-16-24-44(42)58-50/h7-30H,1-6H3. The van der Waals surface area contributed by atoms with E-state index in [0.29, 0.717) is 0 Å². The van der Waals surface area contributed by atoms with Crippen LogP contribution in [0.15, 0.2) is 146 Å². The number of hydrogen-bond donors (Lipinski definition) is 0. The zero-order valence-electron chi connectivity index (χ0n) is 33.5. The summed E-state index contributed by atoms with van der Waals surface area (Å²) in [5.41, 5.74) is 19.6. The highest BCUT2D eigenvalue weighted by Crippen LogP contribution is 2.61. The minimum atomic E-state index is -0.250. The quantitative estimate of drug-likeness (QED) is 0.168. The lowest BCUT2D eigenvalue weighted by Gasteiger charge is -2.31. The first-order valence-corrected chi connectivity index (χ1v) is 21.6. The first-order valence-electron chi connectivity index (χ1n) is 20.0. The van der Waals surface area contributed by atoms with E-state index in [1.54, 1.807) is 22.7 Å². The Morgan fingerprint density at radius 2 is 0.810 bits per heavy atom. The number of fused-ring (bicyclic) bond motifs is 9. The lowest BCUT2D eigenvalue weighted by molar-refractivity contribution is 0.601. The summed E-state index contributed by atoms with van der Waals surface area (Å²) < 4.78 is 2.37. The van der Waals surface area contributed by atoms with Crippen LogP contribution in [0, 0.1) is 13.8 Å². The summed E-state index contributed by atoms with van der Waals surface area (Å²) in [5.74, 6) is 0. The zero-order chi connectivity index (χ0) is 39.5. The number of aromatic nitrogens is 2. The fraction of sp³-hybridized carbons (Fsp3) is 0.154. The minimum Gasteiger partial charge on any atom is -0.286 e. The van der Waals surface area contributed by atoms with Gasteiger partial charge in [0.25, 0.3) is 0 Å². The summed E-state index contributed by atoms with van der Waals surface area (Å²) in [6.07, 6.45) is 0. The molecule has 2 aromatic heterocycles. The van der Waals surface area contributed by atoms with E-state index in [-0.39, 0.29) is 10.8 Å².